The van der Waals surface area contributed by atoms with E-state index in [1.54, 1.807) is 6.20 Å². The Kier molecular flexibility index (Phi) is 3.56. The highest BCUT2D eigenvalue weighted by Crippen LogP contribution is 2.32. The molecular formula is C12H18N2O. The monoisotopic (exact) mass is 206 g/mol. The van der Waals surface area contributed by atoms with Crippen LogP contribution in [0.25, 0.3) is 0 Å². The number of rotatable bonds is 6. The molecule has 0 aliphatic heterocycles. The number of nitrogens with one attached hydrogen (secondary N) is 1. The highest BCUT2D eigenvalue weighted by molar-refractivity contribution is 5.22. The molecular weight excluding hydrogens is 188 g/mol. The molecule has 1 heterocycles. The maximum absolute atomic E-state index is 5.68. The Labute approximate surface area is 90.9 Å². The first-order valence-corrected chi connectivity index (χ1v) is 5.61. The van der Waals surface area contributed by atoms with Crippen molar-refractivity contribution in [3.05, 3.63) is 24.0 Å². The zero-order valence-electron chi connectivity index (χ0n) is 9.20. The third-order valence-electron chi connectivity index (χ3n) is 2.64. The fraction of sp³-hybridized carbons (Fsp3) is 0.583. The molecule has 2 rings (SSSR count). The van der Waals surface area contributed by atoms with Crippen molar-refractivity contribution in [3.8, 4) is 5.75 Å². The van der Waals surface area contributed by atoms with Crippen molar-refractivity contribution in [2.75, 3.05) is 13.7 Å². The number of hydrogen-bond acceptors (Lipinski definition) is 3. The van der Waals surface area contributed by atoms with Gasteiger partial charge >= 0.3 is 0 Å². The molecule has 1 aromatic rings. The molecule has 0 bridgehead atoms. The van der Waals surface area contributed by atoms with Gasteiger partial charge in [-0.2, -0.15) is 0 Å². The lowest BCUT2D eigenvalue weighted by molar-refractivity contribution is 0.302. The van der Waals surface area contributed by atoms with Crippen molar-refractivity contribution < 1.29 is 4.74 Å². The van der Waals surface area contributed by atoms with E-state index in [9.17, 15) is 0 Å². The molecule has 1 saturated carbocycles. The quantitative estimate of drug-likeness (QED) is 0.772. The summed E-state index contributed by atoms with van der Waals surface area (Å²) in [6.45, 7) is 1.63. The average molecular weight is 206 g/mol. The van der Waals surface area contributed by atoms with E-state index in [-0.39, 0.29) is 0 Å². The van der Waals surface area contributed by atoms with E-state index in [1.807, 2.05) is 19.2 Å². The number of hydrogen-bond donors (Lipinski definition) is 1. The summed E-state index contributed by atoms with van der Waals surface area (Å²) in [6.07, 6.45) is 5.79. The minimum Gasteiger partial charge on any atom is -0.493 e. The van der Waals surface area contributed by atoms with Gasteiger partial charge in [0.1, 0.15) is 5.75 Å². The van der Waals surface area contributed by atoms with Gasteiger partial charge in [-0.3, -0.25) is 4.98 Å². The molecule has 0 amide bonds. The second-order valence-corrected chi connectivity index (χ2v) is 4.09. The molecule has 3 heteroatoms. The fourth-order valence-corrected chi connectivity index (χ4v) is 1.57. The smallest absolute Gasteiger partial charge is 0.122 e. The number of pyridine rings is 1. The van der Waals surface area contributed by atoms with Crippen molar-refractivity contribution in [1.82, 2.24) is 10.3 Å². The molecule has 0 saturated heterocycles. The molecule has 1 aliphatic rings. The fourth-order valence-electron chi connectivity index (χ4n) is 1.57. The Morgan fingerprint density at radius 1 is 1.53 bits per heavy atom. The van der Waals surface area contributed by atoms with Crippen LogP contribution in [0.2, 0.25) is 0 Å². The molecule has 82 valence electrons. The van der Waals surface area contributed by atoms with Gasteiger partial charge in [-0.1, -0.05) is 12.8 Å². The topological polar surface area (TPSA) is 34.1 Å². The highest BCUT2D eigenvalue weighted by Gasteiger charge is 2.20. The van der Waals surface area contributed by atoms with Gasteiger partial charge in [0.15, 0.2) is 0 Å². The summed E-state index contributed by atoms with van der Waals surface area (Å²) in [7, 11) is 1.92. The Balaban J connectivity index is 1.80. The standard InChI is InChI=1S/C12H18N2O/c1-13-9-11-8-12(4-6-14-11)15-7-5-10-2-3-10/h4,6,8,10,13H,2-3,5,7,9H2,1H3. The van der Waals surface area contributed by atoms with E-state index in [0.717, 1.165) is 30.5 Å². The van der Waals surface area contributed by atoms with E-state index in [2.05, 4.69) is 10.3 Å². The van der Waals surface area contributed by atoms with Gasteiger partial charge in [-0.15, -0.1) is 0 Å². The van der Waals surface area contributed by atoms with Crippen LogP contribution in [0.5, 0.6) is 5.75 Å². The average Bonchev–Trinajstić information content (AvgIpc) is 3.03. The highest BCUT2D eigenvalue weighted by atomic mass is 16.5. The lowest BCUT2D eigenvalue weighted by atomic mass is 10.3. The first-order chi connectivity index (χ1) is 7.38. The van der Waals surface area contributed by atoms with E-state index in [0.29, 0.717) is 0 Å². The van der Waals surface area contributed by atoms with Crippen LogP contribution in [-0.2, 0) is 6.54 Å². The van der Waals surface area contributed by atoms with E-state index >= 15 is 0 Å². The molecule has 0 radical (unpaired) electrons. The van der Waals surface area contributed by atoms with Gasteiger partial charge in [-0.05, 0) is 25.5 Å². The van der Waals surface area contributed by atoms with Gasteiger partial charge < -0.3 is 10.1 Å². The maximum Gasteiger partial charge on any atom is 0.122 e. The molecule has 15 heavy (non-hydrogen) atoms. The van der Waals surface area contributed by atoms with E-state index in [1.165, 1.54) is 19.3 Å². The molecule has 0 atom stereocenters. The Bertz CT molecular complexity index is 310. The third kappa shape index (κ3) is 3.51. The zero-order valence-corrected chi connectivity index (χ0v) is 9.20. The predicted octanol–water partition coefficient (Wildman–Crippen LogP) is 1.98. The molecule has 0 aromatic carbocycles. The van der Waals surface area contributed by atoms with Gasteiger partial charge in [0, 0.05) is 18.8 Å². The predicted molar refractivity (Wildman–Crippen MR) is 59.8 cm³/mol. The van der Waals surface area contributed by atoms with Crippen molar-refractivity contribution >= 4 is 0 Å². The number of nitrogens with zero attached hydrogens (tertiary/aromatic N) is 1. The summed E-state index contributed by atoms with van der Waals surface area (Å²) in [4.78, 5) is 4.24. The SMILES string of the molecule is CNCc1cc(OCCC2CC2)ccn1. The molecule has 1 N–H and O–H groups in total. The van der Waals surface area contributed by atoms with Crippen LogP contribution < -0.4 is 10.1 Å². The summed E-state index contributed by atoms with van der Waals surface area (Å²) in [6, 6.07) is 3.93. The summed E-state index contributed by atoms with van der Waals surface area (Å²) in [5.74, 6) is 1.87. The minimum atomic E-state index is 0.791. The van der Waals surface area contributed by atoms with Gasteiger partial charge in [0.25, 0.3) is 0 Å². The third-order valence-corrected chi connectivity index (χ3v) is 2.64. The van der Waals surface area contributed by atoms with Crippen molar-refractivity contribution in [2.45, 2.75) is 25.8 Å². The van der Waals surface area contributed by atoms with Crippen molar-refractivity contribution in [1.29, 1.82) is 0 Å². The molecule has 1 aliphatic carbocycles. The van der Waals surface area contributed by atoms with Gasteiger partial charge in [0.05, 0.1) is 12.3 Å². The van der Waals surface area contributed by atoms with Crippen LogP contribution >= 0.6 is 0 Å². The molecule has 1 aromatic heterocycles. The Morgan fingerprint density at radius 3 is 3.13 bits per heavy atom. The zero-order chi connectivity index (χ0) is 10.5. The van der Waals surface area contributed by atoms with Crippen LogP contribution in [0.4, 0.5) is 0 Å². The first kappa shape index (κ1) is 10.4. The second-order valence-electron chi connectivity index (χ2n) is 4.09. The van der Waals surface area contributed by atoms with Gasteiger partial charge in [0.2, 0.25) is 0 Å². The molecule has 0 unspecified atom stereocenters. The summed E-state index contributed by atoms with van der Waals surface area (Å²) in [5, 5.41) is 3.08. The van der Waals surface area contributed by atoms with Crippen molar-refractivity contribution in [2.24, 2.45) is 5.92 Å². The van der Waals surface area contributed by atoms with Crippen LogP contribution in [0.15, 0.2) is 18.3 Å². The summed E-state index contributed by atoms with van der Waals surface area (Å²) >= 11 is 0. The Hall–Kier alpha value is -1.09. The molecule has 3 nitrogen and oxygen atoms in total. The van der Waals surface area contributed by atoms with Gasteiger partial charge in [-0.25, -0.2) is 0 Å². The molecule has 1 fully saturated rings. The minimum absolute atomic E-state index is 0.791. The first-order valence-electron chi connectivity index (χ1n) is 5.61. The number of aromatic nitrogens is 1. The number of ether oxygens (including phenoxy) is 1. The van der Waals surface area contributed by atoms with Crippen LogP contribution in [0.3, 0.4) is 0 Å². The van der Waals surface area contributed by atoms with Crippen LogP contribution in [0, 0.1) is 5.92 Å². The summed E-state index contributed by atoms with van der Waals surface area (Å²) < 4.78 is 5.68. The largest absolute Gasteiger partial charge is 0.493 e. The normalized spacial score (nSPS) is 15.3. The lowest BCUT2D eigenvalue weighted by Gasteiger charge is -2.06. The second kappa shape index (κ2) is 5.12. The Morgan fingerprint density at radius 2 is 2.40 bits per heavy atom. The van der Waals surface area contributed by atoms with E-state index < -0.39 is 0 Å². The van der Waals surface area contributed by atoms with Crippen molar-refractivity contribution in [3.63, 3.8) is 0 Å². The lowest BCUT2D eigenvalue weighted by Crippen LogP contribution is -2.07. The maximum atomic E-state index is 5.68. The van der Waals surface area contributed by atoms with Crippen LogP contribution in [-0.4, -0.2) is 18.6 Å². The van der Waals surface area contributed by atoms with E-state index in [4.69, 9.17) is 4.74 Å². The van der Waals surface area contributed by atoms with Crippen LogP contribution in [0.1, 0.15) is 25.0 Å². The summed E-state index contributed by atoms with van der Waals surface area (Å²) in [5.41, 5.74) is 1.03. The molecule has 0 spiro atoms.